The number of anilines is 1. The number of carbonyl (C=O) groups is 3. The van der Waals surface area contributed by atoms with Crippen LogP contribution in [0.4, 0.5) is 10.5 Å². The normalized spacial score (nSPS) is 19.1. The molecule has 1 heterocycles. The monoisotopic (exact) mass is 423 g/mol. The van der Waals surface area contributed by atoms with Gasteiger partial charge >= 0.3 is 0 Å². The smallest absolute Gasteiger partial charge is 0.294 e. The van der Waals surface area contributed by atoms with Crippen LogP contribution in [0.15, 0.2) is 39.6 Å². The van der Waals surface area contributed by atoms with E-state index in [1.54, 1.807) is 0 Å². The molecular weight excluding hydrogens is 402 g/mol. The number of hydrogen-bond donors (Lipinski definition) is 2. The molecule has 3 rings (SSSR count). The Hall–Kier alpha value is -2.17. The molecule has 0 radical (unpaired) electrons. The number of thioether (sulfide) groups is 1. The number of imide groups is 1. The van der Waals surface area contributed by atoms with Crippen molar-refractivity contribution in [3.05, 3.63) is 34.7 Å². The van der Waals surface area contributed by atoms with Crippen LogP contribution in [0.1, 0.15) is 39.0 Å². The first-order valence-corrected chi connectivity index (χ1v) is 11.3. The first kappa shape index (κ1) is 20.6. The second kappa shape index (κ2) is 8.06. The fraction of sp³-hybridized carbons (Fsp3) is 0.389. The standard InChI is InChI=1S/C18H21N3O5S2/c1-11(16(22)20-13-7-9-14(10-8-13)28(19,25)26)21-17(23)15(27-18(21)24)12-5-3-2-4-6-12/h7-11H,2-6H2,1H3,(H,20,22)(H2,19,25,26). The molecular formula is C18H21N3O5S2. The maximum absolute atomic E-state index is 12.7. The third-order valence-electron chi connectivity index (χ3n) is 4.79. The Morgan fingerprint density at radius 1 is 1.14 bits per heavy atom. The number of carbonyl (C=O) groups excluding carboxylic acids is 3. The predicted molar refractivity (Wildman–Crippen MR) is 106 cm³/mol. The van der Waals surface area contributed by atoms with Crippen LogP contribution < -0.4 is 10.5 Å². The molecule has 1 unspecified atom stereocenters. The average Bonchev–Trinajstić information content (AvgIpc) is 2.95. The highest BCUT2D eigenvalue weighted by molar-refractivity contribution is 8.18. The summed E-state index contributed by atoms with van der Waals surface area (Å²) in [6.07, 6.45) is 4.76. The van der Waals surface area contributed by atoms with Crippen molar-refractivity contribution in [2.24, 2.45) is 5.14 Å². The van der Waals surface area contributed by atoms with E-state index in [9.17, 15) is 22.8 Å². The van der Waals surface area contributed by atoms with Gasteiger partial charge in [0, 0.05) is 5.69 Å². The van der Waals surface area contributed by atoms with Crippen LogP contribution in [-0.4, -0.2) is 36.4 Å². The molecule has 2 fully saturated rings. The summed E-state index contributed by atoms with van der Waals surface area (Å²) in [4.78, 5) is 39.0. The average molecular weight is 424 g/mol. The Morgan fingerprint density at radius 3 is 2.32 bits per heavy atom. The first-order valence-electron chi connectivity index (χ1n) is 8.89. The van der Waals surface area contributed by atoms with Crippen LogP contribution in [0.2, 0.25) is 0 Å². The van der Waals surface area contributed by atoms with Crippen molar-refractivity contribution in [2.75, 3.05) is 5.32 Å². The molecule has 1 aliphatic carbocycles. The van der Waals surface area contributed by atoms with E-state index in [2.05, 4.69) is 5.32 Å². The lowest BCUT2D eigenvalue weighted by Gasteiger charge is -2.21. The summed E-state index contributed by atoms with van der Waals surface area (Å²) in [7, 11) is -3.83. The summed E-state index contributed by atoms with van der Waals surface area (Å²) >= 11 is 0.902. The predicted octanol–water partition coefficient (Wildman–Crippen LogP) is 2.57. The molecule has 0 bridgehead atoms. The van der Waals surface area contributed by atoms with Crippen LogP contribution >= 0.6 is 11.8 Å². The lowest BCUT2D eigenvalue weighted by molar-refractivity contribution is -0.130. The second-order valence-corrected chi connectivity index (χ2v) is 9.29. The van der Waals surface area contributed by atoms with Crippen LogP contribution in [-0.2, 0) is 19.6 Å². The first-order chi connectivity index (χ1) is 13.2. The van der Waals surface area contributed by atoms with Crippen molar-refractivity contribution in [1.29, 1.82) is 0 Å². The van der Waals surface area contributed by atoms with Crippen molar-refractivity contribution >= 4 is 44.5 Å². The number of benzene rings is 1. The minimum Gasteiger partial charge on any atom is -0.324 e. The zero-order chi connectivity index (χ0) is 20.5. The van der Waals surface area contributed by atoms with Crippen molar-refractivity contribution < 1.29 is 22.8 Å². The molecule has 1 aromatic rings. The maximum Gasteiger partial charge on any atom is 0.294 e. The van der Waals surface area contributed by atoms with Crippen LogP contribution in [0.3, 0.4) is 0 Å². The molecule has 0 spiro atoms. The molecule has 28 heavy (non-hydrogen) atoms. The van der Waals surface area contributed by atoms with E-state index < -0.39 is 33.1 Å². The summed E-state index contributed by atoms with van der Waals surface area (Å²) in [5, 5.41) is 7.17. The van der Waals surface area contributed by atoms with Gasteiger partial charge < -0.3 is 5.32 Å². The molecule has 3 N–H and O–H groups in total. The van der Waals surface area contributed by atoms with Crippen LogP contribution in [0, 0.1) is 0 Å². The Bertz CT molecular complexity index is 946. The fourth-order valence-corrected chi connectivity index (χ4v) is 4.79. The topological polar surface area (TPSA) is 127 Å². The third kappa shape index (κ3) is 4.29. The van der Waals surface area contributed by atoms with Gasteiger partial charge in [0.25, 0.3) is 11.1 Å². The highest BCUT2D eigenvalue weighted by atomic mass is 32.2. The molecule has 1 atom stereocenters. The van der Waals surface area contributed by atoms with Crippen molar-refractivity contribution in [1.82, 2.24) is 4.90 Å². The van der Waals surface area contributed by atoms with Crippen molar-refractivity contribution in [3.8, 4) is 0 Å². The van der Waals surface area contributed by atoms with E-state index in [4.69, 9.17) is 5.14 Å². The zero-order valence-corrected chi connectivity index (χ0v) is 16.9. The van der Waals surface area contributed by atoms with Crippen LogP contribution in [0.25, 0.3) is 0 Å². The van der Waals surface area contributed by atoms with E-state index in [-0.39, 0.29) is 4.90 Å². The van der Waals surface area contributed by atoms with E-state index in [1.165, 1.54) is 31.2 Å². The SMILES string of the molecule is CC(C(=O)Nc1ccc(S(N)(=O)=O)cc1)N1C(=O)SC(=C2CCCCC2)C1=O. The Labute approximate surface area is 167 Å². The highest BCUT2D eigenvalue weighted by Crippen LogP contribution is 2.39. The van der Waals surface area contributed by atoms with Gasteiger partial charge in [-0.2, -0.15) is 0 Å². The summed E-state index contributed by atoms with van der Waals surface area (Å²) in [5.41, 5.74) is 1.34. The number of nitrogens with two attached hydrogens (primary N) is 1. The molecule has 0 aromatic heterocycles. The quantitative estimate of drug-likeness (QED) is 0.717. The molecule has 1 saturated heterocycles. The van der Waals surface area contributed by atoms with E-state index in [1.807, 2.05) is 0 Å². The maximum atomic E-state index is 12.7. The number of sulfonamides is 1. The molecule has 150 valence electrons. The van der Waals surface area contributed by atoms with Gasteiger partial charge in [-0.25, -0.2) is 13.6 Å². The van der Waals surface area contributed by atoms with Gasteiger partial charge in [-0.05, 0) is 68.6 Å². The summed E-state index contributed by atoms with van der Waals surface area (Å²) < 4.78 is 22.6. The van der Waals surface area contributed by atoms with Gasteiger partial charge in [0.2, 0.25) is 15.9 Å². The third-order valence-corrected chi connectivity index (χ3v) is 6.76. The van der Waals surface area contributed by atoms with Crippen molar-refractivity contribution in [2.45, 2.75) is 50.0 Å². The summed E-state index contributed by atoms with van der Waals surface area (Å²) in [6.45, 7) is 1.49. The van der Waals surface area contributed by atoms with Crippen LogP contribution in [0.5, 0.6) is 0 Å². The zero-order valence-electron chi connectivity index (χ0n) is 15.3. The largest absolute Gasteiger partial charge is 0.324 e. The number of nitrogens with zero attached hydrogens (tertiary/aromatic N) is 1. The number of rotatable bonds is 4. The van der Waals surface area contributed by atoms with Crippen molar-refractivity contribution in [3.63, 3.8) is 0 Å². The molecule has 3 amide bonds. The number of allylic oxidation sites excluding steroid dienone is 1. The number of nitrogens with one attached hydrogen (secondary N) is 1. The number of amides is 3. The van der Waals surface area contributed by atoms with E-state index in [0.717, 1.165) is 54.3 Å². The fourth-order valence-electron chi connectivity index (χ4n) is 3.23. The van der Waals surface area contributed by atoms with Gasteiger partial charge in [0.05, 0.1) is 9.80 Å². The summed E-state index contributed by atoms with van der Waals surface area (Å²) in [5.74, 6) is -0.959. The molecule has 10 heteroatoms. The molecule has 1 aromatic carbocycles. The minimum atomic E-state index is -3.83. The van der Waals surface area contributed by atoms with Gasteiger partial charge in [0.1, 0.15) is 6.04 Å². The number of hydrogen-bond acceptors (Lipinski definition) is 6. The van der Waals surface area contributed by atoms with E-state index in [0.29, 0.717) is 10.6 Å². The summed E-state index contributed by atoms with van der Waals surface area (Å²) in [6, 6.07) is 4.32. The lowest BCUT2D eigenvalue weighted by Crippen LogP contribution is -2.44. The molecule has 8 nitrogen and oxygen atoms in total. The van der Waals surface area contributed by atoms with Gasteiger partial charge in [-0.3, -0.25) is 19.3 Å². The Morgan fingerprint density at radius 2 is 1.75 bits per heavy atom. The van der Waals surface area contributed by atoms with E-state index >= 15 is 0 Å². The second-order valence-electron chi connectivity index (χ2n) is 6.77. The van der Waals surface area contributed by atoms with Gasteiger partial charge in [-0.15, -0.1) is 0 Å². The van der Waals surface area contributed by atoms with Gasteiger partial charge in [-0.1, -0.05) is 12.0 Å². The Kier molecular flexibility index (Phi) is 5.92. The lowest BCUT2D eigenvalue weighted by atomic mass is 9.94. The molecule has 1 aliphatic heterocycles. The Balaban J connectivity index is 1.72. The highest BCUT2D eigenvalue weighted by Gasteiger charge is 2.42. The molecule has 1 saturated carbocycles. The minimum absolute atomic E-state index is 0.0800. The molecule has 2 aliphatic rings. The van der Waals surface area contributed by atoms with Gasteiger partial charge in [0.15, 0.2) is 0 Å². The number of primary sulfonamides is 1.